The average molecular weight is 541 g/mol. The lowest BCUT2D eigenvalue weighted by Crippen LogP contribution is -2.54. The maximum Gasteiger partial charge on any atom is 0.335 e. The molecule has 0 spiro atoms. The lowest BCUT2D eigenvalue weighted by atomic mass is 10.1. The van der Waals surface area contributed by atoms with Gasteiger partial charge in [-0.1, -0.05) is 35.3 Å². The lowest BCUT2D eigenvalue weighted by molar-refractivity contribution is -0.122. The normalized spacial score (nSPS) is 14.5. The van der Waals surface area contributed by atoms with Crippen LogP contribution in [0.1, 0.15) is 18.1 Å². The van der Waals surface area contributed by atoms with Crippen molar-refractivity contribution in [1.29, 1.82) is 0 Å². The molecule has 1 fully saturated rings. The van der Waals surface area contributed by atoms with Crippen molar-refractivity contribution in [1.82, 2.24) is 5.32 Å². The third kappa shape index (κ3) is 5.87. The van der Waals surface area contributed by atoms with Gasteiger partial charge in [0, 0.05) is 15.6 Å². The van der Waals surface area contributed by atoms with Crippen LogP contribution in [0.25, 0.3) is 6.08 Å². The van der Waals surface area contributed by atoms with Gasteiger partial charge in [0.2, 0.25) is 0 Å². The smallest absolute Gasteiger partial charge is 0.335 e. The van der Waals surface area contributed by atoms with Crippen LogP contribution >= 0.6 is 23.2 Å². The Morgan fingerprint density at radius 2 is 1.68 bits per heavy atom. The molecule has 1 aliphatic rings. The van der Waals surface area contributed by atoms with Crippen molar-refractivity contribution in [2.45, 2.75) is 13.5 Å². The number of ether oxygens (including phenoxy) is 3. The second-order valence-corrected chi connectivity index (χ2v) is 8.66. The van der Waals surface area contributed by atoms with Gasteiger partial charge in [0.25, 0.3) is 11.8 Å². The standard InChI is InChI=1S/C27H22Cl2N2O6/c1-3-36-20-9-7-19(8-10-20)31-26(33)21(25(32)30-27(31)34)12-16-4-11-23(24(13-16)35-2)37-15-17-5-6-18(28)14-22(17)29/h4-14H,3,15H2,1-2H3,(H,30,32,34)/b21-12-. The lowest BCUT2D eigenvalue weighted by Gasteiger charge is -2.26. The fourth-order valence-corrected chi connectivity index (χ4v) is 4.07. The first-order chi connectivity index (χ1) is 17.8. The van der Waals surface area contributed by atoms with E-state index in [1.165, 1.54) is 13.2 Å². The highest BCUT2D eigenvalue weighted by Gasteiger charge is 2.36. The number of imide groups is 2. The van der Waals surface area contributed by atoms with E-state index < -0.39 is 17.8 Å². The van der Waals surface area contributed by atoms with E-state index in [9.17, 15) is 14.4 Å². The highest BCUT2D eigenvalue weighted by Crippen LogP contribution is 2.32. The van der Waals surface area contributed by atoms with Gasteiger partial charge < -0.3 is 14.2 Å². The van der Waals surface area contributed by atoms with Crippen molar-refractivity contribution in [3.8, 4) is 17.2 Å². The third-order valence-corrected chi connectivity index (χ3v) is 5.99. The molecule has 190 valence electrons. The number of anilines is 1. The van der Waals surface area contributed by atoms with Crippen LogP contribution < -0.4 is 24.4 Å². The fraction of sp³-hybridized carbons (Fsp3) is 0.148. The number of methoxy groups -OCH3 is 1. The Labute approximate surface area is 223 Å². The highest BCUT2D eigenvalue weighted by molar-refractivity contribution is 6.39. The van der Waals surface area contributed by atoms with Crippen molar-refractivity contribution >= 4 is 52.8 Å². The van der Waals surface area contributed by atoms with Crippen molar-refractivity contribution in [3.63, 3.8) is 0 Å². The van der Waals surface area contributed by atoms with Crippen molar-refractivity contribution in [2.24, 2.45) is 0 Å². The number of carbonyl (C=O) groups excluding carboxylic acids is 3. The quantitative estimate of drug-likeness (QED) is 0.293. The van der Waals surface area contributed by atoms with E-state index in [0.717, 1.165) is 10.5 Å². The molecule has 1 aliphatic heterocycles. The molecule has 4 rings (SSSR count). The van der Waals surface area contributed by atoms with Crippen LogP contribution in [0.2, 0.25) is 10.0 Å². The van der Waals surface area contributed by atoms with Gasteiger partial charge in [-0.15, -0.1) is 0 Å². The van der Waals surface area contributed by atoms with Gasteiger partial charge in [-0.3, -0.25) is 14.9 Å². The second kappa shape index (κ2) is 11.4. The van der Waals surface area contributed by atoms with Gasteiger partial charge in [-0.05, 0) is 67.1 Å². The molecular formula is C27H22Cl2N2O6. The molecule has 0 atom stereocenters. The number of urea groups is 1. The Bertz CT molecular complexity index is 1390. The Kier molecular flexibility index (Phi) is 8.01. The minimum atomic E-state index is -0.835. The Hall–Kier alpha value is -4.01. The third-order valence-electron chi connectivity index (χ3n) is 5.40. The highest BCUT2D eigenvalue weighted by atomic mass is 35.5. The first-order valence-electron chi connectivity index (χ1n) is 11.2. The number of halogens is 2. The van der Waals surface area contributed by atoms with Gasteiger partial charge in [0.05, 0.1) is 19.4 Å². The van der Waals surface area contributed by atoms with Crippen molar-refractivity contribution in [3.05, 3.63) is 87.4 Å². The number of hydrogen-bond acceptors (Lipinski definition) is 6. The van der Waals surface area contributed by atoms with Crippen molar-refractivity contribution < 1.29 is 28.6 Å². The summed E-state index contributed by atoms with van der Waals surface area (Å²) in [7, 11) is 1.47. The summed E-state index contributed by atoms with van der Waals surface area (Å²) >= 11 is 12.2. The minimum absolute atomic E-state index is 0.173. The Balaban J connectivity index is 1.57. The molecule has 0 aromatic heterocycles. The second-order valence-electron chi connectivity index (χ2n) is 7.82. The SMILES string of the molecule is CCOc1ccc(N2C(=O)NC(=O)/C(=C/c3ccc(OCc4ccc(Cl)cc4Cl)c(OC)c3)C2=O)cc1. The maximum atomic E-state index is 13.2. The van der Waals surface area contributed by atoms with Gasteiger partial charge in [0.15, 0.2) is 11.5 Å². The molecule has 1 heterocycles. The van der Waals surface area contributed by atoms with Gasteiger partial charge >= 0.3 is 6.03 Å². The largest absolute Gasteiger partial charge is 0.494 e. The zero-order chi connectivity index (χ0) is 26.5. The van der Waals surface area contributed by atoms with Crippen LogP contribution in [0.4, 0.5) is 10.5 Å². The summed E-state index contributed by atoms with van der Waals surface area (Å²) < 4.78 is 16.7. The first-order valence-corrected chi connectivity index (χ1v) is 12.0. The molecule has 3 aromatic rings. The van der Waals surface area contributed by atoms with E-state index in [4.69, 9.17) is 37.4 Å². The van der Waals surface area contributed by atoms with E-state index in [-0.39, 0.29) is 12.2 Å². The number of nitrogens with zero attached hydrogens (tertiary/aromatic N) is 1. The Morgan fingerprint density at radius 1 is 0.919 bits per heavy atom. The van der Waals surface area contributed by atoms with Crippen LogP contribution in [0.15, 0.2) is 66.2 Å². The van der Waals surface area contributed by atoms with E-state index >= 15 is 0 Å². The fourth-order valence-electron chi connectivity index (χ4n) is 3.60. The summed E-state index contributed by atoms with van der Waals surface area (Å²) in [6, 6.07) is 15.6. The molecule has 1 N–H and O–H groups in total. The molecular weight excluding hydrogens is 519 g/mol. The molecule has 4 amide bonds. The molecule has 3 aromatic carbocycles. The molecule has 0 radical (unpaired) electrons. The number of nitrogens with one attached hydrogen (secondary N) is 1. The van der Waals surface area contributed by atoms with Crippen LogP contribution in [0.3, 0.4) is 0 Å². The van der Waals surface area contributed by atoms with Crippen LogP contribution in [0, 0.1) is 0 Å². The number of hydrogen-bond donors (Lipinski definition) is 1. The maximum absolute atomic E-state index is 13.2. The number of barbiturate groups is 1. The monoisotopic (exact) mass is 540 g/mol. The summed E-state index contributed by atoms with van der Waals surface area (Å²) in [5, 5.41) is 3.20. The van der Waals surface area contributed by atoms with Crippen LogP contribution in [-0.2, 0) is 16.2 Å². The summed E-state index contributed by atoms with van der Waals surface area (Å²) in [5.74, 6) is -0.150. The van der Waals surface area contributed by atoms with E-state index in [0.29, 0.717) is 45.2 Å². The summed E-state index contributed by atoms with van der Waals surface area (Å²) in [5.41, 5.74) is 1.32. The van der Waals surface area contributed by atoms with Gasteiger partial charge in [-0.2, -0.15) is 0 Å². The van der Waals surface area contributed by atoms with Crippen LogP contribution in [-0.4, -0.2) is 31.6 Å². The molecule has 8 nitrogen and oxygen atoms in total. The van der Waals surface area contributed by atoms with Gasteiger partial charge in [0.1, 0.15) is 17.9 Å². The minimum Gasteiger partial charge on any atom is -0.494 e. The van der Waals surface area contributed by atoms with Crippen LogP contribution in [0.5, 0.6) is 17.2 Å². The zero-order valence-electron chi connectivity index (χ0n) is 19.9. The molecule has 0 unspecified atom stereocenters. The first kappa shape index (κ1) is 26.1. The van der Waals surface area contributed by atoms with E-state index in [2.05, 4.69) is 5.32 Å². The molecule has 1 saturated heterocycles. The van der Waals surface area contributed by atoms with Gasteiger partial charge in [-0.25, -0.2) is 9.69 Å². The predicted octanol–water partition coefficient (Wildman–Crippen LogP) is 5.65. The molecule has 0 saturated carbocycles. The number of amides is 4. The number of benzene rings is 3. The van der Waals surface area contributed by atoms with E-state index in [1.807, 2.05) is 6.92 Å². The summed E-state index contributed by atoms with van der Waals surface area (Å²) in [6.45, 7) is 2.50. The molecule has 10 heteroatoms. The molecule has 37 heavy (non-hydrogen) atoms. The molecule has 0 bridgehead atoms. The van der Waals surface area contributed by atoms with Crippen molar-refractivity contribution in [2.75, 3.05) is 18.6 Å². The summed E-state index contributed by atoms with van der Waals surface area (Å²) in [4.78, 5) is 39.1. The predicted molar refractivity (Wildman–Crippen MR) is 140 cm³/mol. The Morgan fingerprint density at radius 3 is 2.35 bits per heavy atom. The average Bonchev–Trinajstić information content (AvgIpc) is 2.87. The molecule has 0 aliphatic carbocycles. The number of carbonyl (C=O) groups is 3. The van der Waals surface area contributed by atoms with E-state index in [1.54, 1.807) is 60.7 Å². The topological polar surface area (TPSA) is 94.2 Å². The summed E-state index contributed by atoms with van der Waals surface area (Å²) in [6.07, 6.45) is 1.38. The zero-order valence-corrected chi connectivity index (χ0v) is 21.4. The number of rotatable bonds is 8.